The van der Waals surface area contributed by atoms with Crippen molar-refractivity contribution in [3.63, 3.8) is 0 Å². The third-order valence-electron chi connectivity index (χ3n) is 5.32. The SMILES string of the molecule is Cc1occc1-c1nnc(SCC(=O)N2CCc3[nH]c4ccccc4c3C2)n1N. The Morgan fingerprint density at radius 1 is 1.31 bits per heavy atom. The van der Waals surface area contributed by atoms with Crippen molar-refractivity contribution in [2.24, 2.45) is 0 Å². The van der Waals surface area contributed by atoms with E-state index >= 15 is 0 Å². The van der Waals surface area contributed by atoms with Crippen molar-refractivity contribution in [1.29, 1.82) is 0 Å². The van der Waals surface area contributed by atoms with Crippen molar-refractivity contribution < 1.29 is 9.21 Å². The fraction of sp³-hybridized carbons (Fsp3) is 0.250. The normalized spacial score (nSPS) is 13.8. The lowest BCUT2D eigenvalue weighted by molar-refractivity contribution is -0.129. The Labute approximate surface area is 171 Å². The number of para-hydroxylation sites is 1. The van der Waals surface area contributed by atoms with Crippen LogP contribution in [0.15, 0.2) is 46.2 Å². The maximum absolute atomic E-state index is 12.8. The molecule has 3 aromatic heterocycles. The molecular weight excluding hydrogens is 388 g/mol. The number of carbonyl (C=O) groups excluding carboxylic acids is 1. The molecule has 4 heterocycles. The van der Waals surface area contributed by atoms with E-state index in [1.807, 2.05) is 24.0 Å². The zero-order chi connectivity index (χ0) is 20.0. The molecule has 1 aliphatic rings. The summed E-state index contributed by atoms with van der Waals surface area (Å²) in [5.74, 6) is 7.71. The Kier molecular flexibility index (Phi) is 4.31. The number of furan rings is 1. The molecule has 0 fully saturated rings. The van der Waals surface area contributed by atoms with Gasteiger partial charge in [-0.25, -0.2) is 4.68 Å². The molecule has 0 saturated heterocycles. The van der Waals surface area contributed by atoms with Crippen LogP contribution in [0.5, 0.6) is 0 Å². The van der Waals surface area contributed by atoms with Crippen LogP contribution in [-0.2, 0) is 17.8 Å². The molecule has 1 aliphatic heterocycles. The highest BCUT2D eigenvalue weighted by Crippen LogP contribution is 2.29. The van der Waals surface area contributed by atoms with Gasteiger partial charge >= 0.3 is 0 Å². The van der Waals surface area contributed by atoms with E-state index in [1.54, 1.807) is 12.3 Å². The van der Waals surface area contributed by atoms with Gasteiger partial charge in [0.2, 0.25) is 11.1 Å². The maximum Gasteiger partial charge on any atom is 0.233 e. The first-order valence-corrected chi connectivity index (χ1v) is 10.3. The Bertz CT molecular complexity index is 1210. The van der Waals surface area contributed by atoms with Crippen LogP contribution in [0.2, 0.25) is 0 Å². The fourth-order valence-electron chi connectivity index (χ4n) is 3.77. The number of nitrogen functional groups attached to an aromatic ring is 1. The molecule has 0 bridgehead atoms. The Morgan fingerprint density at radius 2 is 2.17 bits per heavy atom. The molecule has 3 N–H and O–H groups in total. The lowest BCUT2D eigenvalue weighted by Crippen LogP contribution is -2.37. The van der Waals surface area contributed by atoms with Crippen LogP contribution < -0.4 is 5.84 Å². The summed E-state index contributed by atoms with van der Waals surface area (Å²) in [7, 11) is 0. The number of hydrogen-bond donors (Lipinski definition) is 2. The minimum absolute atomic E-state index is 0.0648. The van der Waals surface area contributed by atoms with Gasteiger partial charge < -0.3 is 20.1 Å². The predicted octanol–water partition coefficient (Wildman–Crippen LogP) is 2.72. The molecule has 8 nitrogen and oxygen atoms in total. The van der Waals surface area contributed by atoms with Gasteiger partial charge in [0.1, 0.15) is 5.76 Å². The first-order chi connectivity index (χ1) is 14.1. The number of amides is 1. The zero-order valence-electron chi connectivity index (χ0n) is 15.9. The molecule has 5 rings (SSSR count). The number of nitrogens with zero attached hydrogens (tertiary/aromatic N) is 4. The highest BCUT2D eigenvalue weighted by atomic mass is 32.2. The summed E-state index contributed by atoms with van der Waals surface area (Å²) < 4.78 is 6.71. The van der Waals surface area contributed by atoms with Gasteiger partial charge in [0.15, 0.2) is 5.82 Å². The van der Waals surface area contributed by atoms with Crippen molar-refractivity contribution >= 4 is 28.6 Å². The first-order valence-electron chi connectivity index (χ1n) is 9.36. The maximum atomic E-state index is 12.8. The lowest BCUT2D eigenvalue weighted by atomic mass is 10.0. The number of fused-ring (bicyclic) bond motifs is 3. The number of aryl methyl sites for hydroxylation is 1. The number of carbonyl (C=O) groups is 1. The van der Waals surface area contributed by atoms with Gasteiger partial charge in [-0.2, -0.15) is 0 Å². The van der Waals surface area contributed by atoms with Gasteiger partial charge in [-0.05, 0) is 19.1 Å². The molecule has 0 spiro atoms. The Balaban J connectivity index is 1.28. The monoisotopic (exact) mass is 408 g/mol. The number of H-pyrrole nitrogens is 1. The van der Waals surface area contributed by atoms with Gasteiger partial charge in [0, 0.05) is 41.7 Å². The summed E-state index contributed by atoms with van der Waals surface area (Å²) in [5.41, 5.74) is 4.36. The average Bonchev–Trinajstić information content (AvgIpc) is 3.42. The molecule has 1 amide bonds. The number of nitrogens with one attached hydrogen (secondary N) is 1. The second-order valence-electron chi connectivity index (χ2n) is 7.05. The van der Waals surface area contributed by atoms with Crippen LogP contribution >= 0.6 is 11.8 Å². The van der Waals surface area contributed by atoms with Gasteiger partial charge in [-0.1, -0.05) is 30.0 Å². The average molecular weight is 408 g/mol. The number of aromatic amines is 1. The summed E-state index contributed by atoms with van der Waals surface area (Å²) >= 11 is 1.29. The third-order valence-corrected chi connectivity index (χ3v) is 6.25. The second-order valence-corrected chi connectivity index (χ2v) is 7.99. The van der Waals surface area contributed by atoms with Gasteiger partial charge in [0.25, 0.3) is 0 Å². The first kappa shape index (κ1) is 17.9. The lowest BCUT2D eigenvalue weighted by Gasteiger charge is -2.27. The number of aromatic nitrogens is 4. The van der Waals surface area contributed by atoms with E-state index in [-0.39, 0.29) is 11.7 Å². The molecular formula is C20H20N6O2S. The Hall–Kier alpha value is -3.20. The van der Waals surface area contributed by atoms with Crippen LogP contribution in [0, 0.1) is 6.92 Å². The molecule has 148 valence electrons. The summed E-state index contributed by atoms with van der Waals surface area (Å²) in [5, 5.41) is 9.96. The van der Waals surface area contributed by atoms with E-state index in [0.717, 1.165) is 23.3 Å². The van der Waals surface area contributed by atoms with Crippen LogP contribution in [0.25, 0.3) is 22.3 Å². The quantitative estimate of drug-likeness (QED) is 0.397. The summed E-state index contributed by atoms with van der Waals surface area (Å²) in [6.45, 7) is 3.16. The van der Waals surface area contributed by atoms with Crippen LogP contribution in [0.1, 0.15) is 17.0 Å². The summed E-state index contributed by atoms with van der Waals surface area (Å²) in [6.07, 6.45) is 2.42. The highest BCUT2D eigenvalue weighted by Gasteiger charge is 2.24. The number of nitrogens with two attached hydrogens (primary N) is 1. The third kappa shape index (κ3) is 3.07. The number of thioether (sulfide) groups is 1. The van der Waals surface area contributed by atoms with E-state index in [2.05, 4.69) is 27.3 Å². The minimum Gasteiger partial charge on any atom is -0.469 e. The molecule has 9 heteroatoms. The standard InChI is InChI=1S/C20H20N6O2S/c1-12-13(7-9-28-12)19-23-24-20(26(19)21)29-11-18(27)25-8-6-17-15(10-25)14-4-2-3-5-16(14)22-17/h2-5,7,9,22H,6,8,10-11,21H2,1H3. The van der Waals surface area contributed by atoms with E-state index in [9.17, 15) is 4.79 Å². The van der Waals surface area contributed by atoms with Crippen molar-refractivity contribution in [2.75, 3.05) is 18.1 Å². The van der Waals surface area contributed by atoms with Crippen molar-refractivity contribution in [1.82, 2.24) is 24.8 Å². The van der Waals surface area contributed by atoms with Crippen molar-refractivity contribution in [2.45, 2.75) is 25.0 Å². The summed E-state index contributed by atoms with van der Waals surface area (Å²) in [4.78, 5) is 18.2. The van der Waals surface area contributed by atoms with Crippen LogP contribution in [0.4, 0.5) is 0 Å². The molecule has 4 aromatic rings. The molecule has 29 heavy (non-hydrogen) atoms. The molecule has 0 aliphatic carbocycles. The molecule has 0 radical (unpaired) electrons. The topological polar surface area (TPSA) is 106 Å². The second kappa shape index (κ2) is 7.00. The zero-order valence-corrected chi connectivity index (χ0v) is 16.7. The van der Waals surface area contributed by atoms with Crippen LogP contribution in [0.3, 0.4) is 0 Å². The van der Waals surface area contributed by atoms with E-state index in [0.29, 0.717) is 24.1 Å². The van der Waals surface area contributed by atoms with E-state index in [1.165, 1.54) is 33.1 Å². The largest absolute Gasteiger partial charge is 0.469 e. The molecule has 0 saturated carbocycles. The summed E-state index contributed by atoms with van der Waals surface area (Å²) in [6, 6.07) is 10.0. The smallest absolute Gasteiger partial charge is 0.233 e. The molecule has 0 atom stereocenters. The van der Waals surface area contributed by atoms with Gasteiger partial charge in [-0.15, -0.1) is 10.2 Å². The fourth-order valence-corrected chi connectivity index (χ4v) is 4.53. The highest BCUT2D eigenvalue weighted by molar-refractivity contribution is 7.99. The van der Waals surface area contributed by atoms with E-state index in [4.69, 9.17) is 10.3 Å². The van der Waals surface area contributed by atoms with Crippen molar-refractivity contribution in [3.8, 4) is 11.4 Å². The van der Waals surface area contributed by atoms with Gasteiger partial charge in [0.05, 0.1) is 17.6 Å². The number of hydrogen-bond acceptors (Lipinski definition) is 6. The number of rotatable bonds is 4. The molecule has 1 aromatic carbocycles. The Morgan fingerprint density at radius 3 is 3.00 bits per heavy atom. The van der Waals surface area contributed by atoms with Crippen molar-refractivity contribution in [3.05, 3.63) is 53.6 Å². The minimum atomic E-state index is 0.0648. The predicted molar refractivity (Wildman–Crippen MR) is 111 cm³/mol. The van der Waals surface area contributed by atoms with Gasteiger partial charge in [-0.3, -0.25) is 4.79 Å². The molecule has 0 unspecified atom stereocenters. The van der Waals surface area contributed by atoms with Crippen LogP contribution in [-0.4, -0.2) is 43.0 Å². The number of benzene rings is 1. The van der Waals surface area contributed by atoms with E-state index < -0.39 is 0 Å².